The number of ether oxygens (including phenoxy) is 2. The minimum absolute atomic E-state index is 0.142. The smallest absolute Gasteiger partial charge is 0.459 e. The van der Waals surface area contributed by atoms with E-state index in [2.05, 4.69) is 5.09 Å². The molecule has 1 saturated heterocycles. The van der Waals surface area contributed by atoms with Gasteiger partial charge in [-0.15, -0.1) is 11.6 Å². The lowest BCUT2D eigenvalue weighted by molar-refractivity contribution is -0.149. The van der Waals surface area contributed by atoms with Crippen LogP contribution in [0.5, 0.6) is 5.75 Å². The number of aliphatic hydroxyl groups excluding tert-OH is 1. The van der Waals surface area contributed by atoms with Crippen molar-refractivity contribution in [1.82, 2.24) is 14.6 Å². The molecule has 0 amide bonds. The summed E-state index contributed by atoms with van der Waals surface area (Å²) in [5.74, 6) is -0.578. The van der Waals surface area contributed by atoms with Gasteiger partial charge in [0.15, 0.2) is 6.23 Å². The van der Waals surface area contributed by atoms with Crippen molar-refractivity contribution in [3.63, 3.8) is 0 Å². The molecule has 2 aromatic rings. The first-order chi connectivity index (χ1) is 17.4. The Balaban J connectivity index is 1.83. The lowest BCUT2D eigenvalue weighted by atomic mass is 10.00. The zero-order valence-electron chi connectivity index (χ0n) is 20.2. The summed E-state index contributed by atoms with van der Waals surface area (Å²) in [6.07, 6.45) is -4.06. The van der Waals surface area contributed by atoms with Gasteiger partial charge < -0.3 is 19.1 Å². The maximum Gasteiger partial charge on any atom is 0.459 e. The molecule has 204 valence electrons. The Morgan fingerprint density at radius 2 is 1.97 bits per heavy atom. The topological polar surface area (TPSA) is 158 Å². The first-order valence-electron chi connectivity index (χ1n) is 11.3. The number of H-pyrrole nitrogens is 1. The Kier molecular flexibility index (Phi) is 9.32. The standard InChI is InChI=1S/C22H28ClFN3O9P/c1-13(2)34-19(30)14(3)26-37(32,36-15-7-5-4-6-8-15)33-11-16-18(29)22(23,12-24)20(35-16)27-10-9-17(28)25-21(27)31/h4-10,13-14,16,18,20,29H,11-12H2,1-3H3,(H,26,32)(H,25,28,31)/t14-,16+,18?,20+,22+,37?/m0/s1. The third-order valence-electron chi connectivity index (χ3n) is 5.30. The summed E-state index contributed by atoms with van der Waals surface area (Å²) in [7, 11) is -4.33. The van der Waals surface area contributed by atoms with E-state index < -0.39 is 73.7 Å². The number of carbonyl (C=O) groups is 1. The second-order valence-electron chi connectivity index (χ2n) is 8.58. The highest BCUT2D eigenvalue weighted by Crippen LogP contribution is 2.48. The van der Waals surface area contributed by atoms with Crippen molar-refractivity contribution < 1.29 is 37.4 Å². The molecule has 1 fully saturated rings. The molecular formula is C22H28ClFN3O9P. The number of carbonyl (C=O) groups excluding carboxylic acids is 1. The first kappa shape index (κ1) is 29.0. The summed E-state index contributed by atoms with van der Waals surface area (Å²) >= 11 is 6.33. The molecular weight excluding hydrogens is 536 g/mol. The number of aromatic nitrogens is 2. The molecule has 6 atom stereocenters. The van der Waals surface area contributed by atoms with Crippen LogP contribution in [0.4, 0.5) is 4.39 Å². The molecule has 1 aliphatic heterocycles. The highest BCUT2D eigenvalue weighted by atomic mass is 35.5. The molecule has 12 nitrogen and oxygen atoms in total. The van der Waals surface area contributed by atoms with E-state index in [-0.39, 0.29) is 5.75 Å². The fourth-order valence-electron chi connectivity index (χ4n) is 3.50. The normalized spacial score (nSPS) is 26.0. The van der Waals surface area contributed by atoms with Crippen LogP contribution in [0, 0.1) is 0 Å². The highest BCUT2D eigenvalue weighted by molar-refractivity contribution is 7.52. The molecule has 15 heteroatoms. The second-order valence-corrected chi connectivity index (χ2v) is 11.0. The minimum atomic E-state index is -4.33. The fourth-order valence-corrected chi connectivity index (χ4v) is 5.30. The third kappa shape index (κ3) is 6.86. The first-order valence-corrected chi connectivity index (χ1v) is 13.2. The zero-order valence-corrected chi connectivity index (χ0v) is 21.9. The van der Waals surface area contributed by atoms with Gasteiger partial charge in [0.2, 0.25) is 0 Å². The van der Waals surface area contributed by atoms with Gasteiger partial charge in [-0.1, -0.05) is 18.2 Å². The molecule has 1 aromatic heterocycles. The fraction of sp³-hybridized carbons (Fsp3) is 0.500. The van der Waals surface area contributed by atoms with Crippen LogP contribution in [0.25, 0.3) is 0 Å². The van der Waals surface area contributed by atoms with Gasteiger partial charge in [0.1, 0.15) is 35.5 Å². The van der Waals surface area contributed by atoms with Gasteiger partial charge in [-0.05, 0) is 32.9 Å². The summed E-state index contributed by atoms with van der Waals surface area (Å²) in [5, 5.41) is 13.2. The summed E-state index contributed by atoms with van der Waals surface area (Å²) in [4.78, 5) is 35.8. The molecule has 2 unspecified atom stereocenters. The molecule has 0 bridgehead atoms. The number of aliphatic hydroxyl groups is 1. The molecule has 2 heterocycles. The van der Waals surface area contributed by atoms with E-state index in [1.807, 2.05) is 4.98 Å². The zero-order chi connectivity index (χ0) is 27.4. The number of nitrogens with one attached hydrogen (secondary N) is 2. The summed E-state index contributed by atoms with van der Waals surface area (Å²) in [6.45, 7) is 2.71. The van der Waals surface area contributed by atoms with Gasteiger partial charge >= 0.3 is 19.4 Å². The second kappa shape index (κ2) is 11.9. The van der Waals surface area contributed by atoms with Crippen LogP contribution in [0.15, 0.2) is 52.2 Å². The monoisotopic (exact) mass is 563 g/mol. The van der Waals surface area contributed by atoms with E-state index in [1.165, 1.54) is 19.1 Å². The van der Waals surface area contributed by atoms with Crippen molar-refractivity contribution >= 4 is 25.3 Å². The van der Waals surface area contributed by atoms with E-state index in [4.69, 9.17) is 30.1 Å². The van der Waals surface area contributed by atoms with Gasteiger partial charge in [0, 0.05) is 12.3 Å². The number of hydrogen-bond donors (Lipinski definition) is 3. The van der Waals surface area contributed by atoms with Crippen molar-refractivity contribution in [3.8, 4) is 5.75 Å². The van der Waals surface area contributed by atoms with Crippen molar-refractivity contribution in [2.24, 2.45) is 0 Å². The molecule has 0 saturated carbocycles. The van der Waals surface area contributed by atoms with Gasteiger partial charge in [0.25, 0.3) is 5.56 Å². The maximum absolute atomic E-state index is 14.0. The molecule has 0 spiro atoms. The lowest BCUT2D eigenvalue weighted by Gasteiger charge is -2.27. The van der Waals surface area contributed by atoms with E-state index >= 15 is 0 Å². The number of para-hydroxylation sites is 1. The van der Waals surface area contributed by atoms with Crippen molar-refractivity contribution in [1.29, 1.82) is 0 Å². The SMILES string of the molecule is CC(C)OC(=O)[C@H](C)NP(=O)(OC[C@H]1O[C@@H](n2ccc(=O)[nH]c2=O)[C@@](Cl)(CF)C1O)Oc1ccccc1. The number of hydrogen-bond acceptors (Lipinski definition) is 9. The Bertz CT molecular complexity index is 1240. The van der Waals surface area contributed by atoms with Crippen LogP contribution in [0.1, 0.15) is 27.0 Å². The Hall–Kier alpha value is -2.54. The van der Waals surface area contributed by atoms with Crippen molar-refractivity contribution in [2.45, 2.75) is 56.2 Å². The van der Waals surface area contributed by atoms with E-state index in [0.717, 1.165) is 16.8 Å². The van der Waals surface area contributed by atoms with Gasteiger partial charge in [-0.25, -0.2) is 13.8 Å². The lowest BCUT2D eigenvalue weighted by Crippen LogP contribution is -2.46. The molecule has 1 aromatic carbocycles. The van der Waals surface area contributed by atoms with E-state index in [9.17, 15) is 28.4 Å². The molecule has 0 radical (unpaired) electrons. The number of aromatic amines is 1. The minimum Gasteiger partial charge on any atom is -0.462 e. The highest BCUT2D eigenvalue weighted by Gasteiger charge is 2.57. The summed E-state index contributed by atoms with van der Waals surface area (Å²) < 4.78 is 50.2. The molecule has 3 rings (SSSR count). The van der Waals surface area contributed by atoms with Crippen molar-refractivity contribution in [3.05, 3.63) is 63.4 Å². The Morgan fingerprint density at radius 1 is 1.30 bits per heavy atom. The molecule has 3 N–H and O–H groups in total. The van der Waals surface area contributed by atoms with Crippen molar-refractivity contribution in [2.75, 3.05) is 13.3 Å². The number of halogens is 2. The van der Waals surface area contributed by atoms with Crippen LogP contribution >= 0.6 is 19.3 Å². The quantitative estimate of drug-likeness (QED) is 0.209. The number of nitrogens with zero attached hydrogens (tertiary/aromatic N) is 1. The van der Waals surface area contributed by atoms with E-state index in [0.29, 0.717) is 0 Å². The summed E-state index contributed by atoms with van der Waals surface area (Å²) in [5.41, 5.74) is -1.64. The average Bonchev–Trinajstić information content (AvgIpc) is 3.08. The summed E-state index contributed by atoms with van der Waals surface area (Å²) in [6, 6.07) is 7.82. The van der Waals surface area contributed by atoms with Gasteiger partial charge in [0.05, 0.1) is 12.7 Å². The van der Waals surface area contributed by atoms with Gasteiger partial charge in [-0.2, -0.15) is 5.09 Å². The number of benzene rings is 1. The predicted octanol–water partition coefficient (Wildman–Crippen LogP) is 1.88. The molecule has 1 aliphatic rings. The largest absolute Gasteiger partial charge is 0.462 e. The van der Waals surface area contributed by atoms with E-state index in [1.54, 1.807) is 32.0 Å². The molecule has 37 heavy (non-hydrogen) atoms. The molecule has 0 aliphatic carbocycles. The van der Waals surface area contributed by atoms with Crippen LogP contribution in [0.3, 0.4) is 0 Å². The predicted molar refractivity (Wildman–Crippen MR) is 130 cm³/mol. The van der Waals surface area contributed by atoms with Crippen LogP contribution in [0.2, 0.25) is 0 Å². The number of esters is 1. The third-order valence-corrected chi connectivity index (χ3v) is 7.46. The van der Waals surface area contributed by atoms with Crippen LogP contribution < -0.4 is 20.9 Å². The number of alkyl halides is 2. The maximum atomic E-state index is 14.0. The van der Waals surface area contributed by atoms with Gasteiger partial charge in [-0.3, -0.25) is 23.7 Å². The Labute approximate surface area is 216 Å². The Morgan fingerprint density at radius 3 is 2.57 bits per heavy atom. The average molecular weight is 564 g/mol. The van der Waals surface area contributed by atoms with Crippen LogP contribution in [-0.4, -0.2) is 63.1 Å². The van der Waals surface area contributed by atoms with Crippen LogP contribution in [-0.2, 0) is 23.4 Å². The number of rotatable bonds is 11.